The van der Waals surface area contributed by atoms with E-state index in [2.05, 4.69) is 5.32 Å². The lowest BCUT2D eigenvalue weighted by Gasteiger charge is -2.33. The van der Waals surface area contributed by atoms with Crippen LogP contribution in [0.25, 0.3) is 0 Å². The van der Waals surface area contributed by atoms with Crippen molar-refractivity contribution in [1.29, 1.82) is 0 Å². The molecule has 108 valence electrons. The van der Waals surface area contributed by atoms with Crippen molar-refractivity contribution in [2.75, 3.05) is 33.4 Å². The van der Waals surface area contributed by atoms with E-state index >= 15 is 0 Å². The maximum atomic E-state index is 12.3. The summed E-state index contributed by atoms with van der Waals surface area (Å²) >= 11 is 0. The normalized spacial score (nSPS) is 19.6. The number of benzene rings is 1. The van der Waals surface area contributed by atoms with Crippen molar-refractivity contribution in [2.24, 2.45) is 0 Å². The second kappa shape index (κ2) is 6.63. The molecule has 20 heavy (non-hydrogen) atoms. The average molecular weight is 276 g/mol. The zero-order chi connectivity index (χ0) is 14.5. The molecule has 5 nitrogen and oxygen atoms in total. The van der Waals surface area contributed by atoms with Crippen LogP contribution in [0, 0.1) is 6.92 Å². The molecule has 1 unspecified atom stereocenters. The molecule has 2 rings (SSSR count). The quantitative estimate of drug-likeness (QED) is 0.819. The van der Waals surface area contributed by atoms with Crippen LogP contribution in [-0.4, -0.2) is 56.0 Å². The van der Waals surface area contributed by atoms with Gasteiger partial charge in [0.15, 0.2) is 5.78 Å². The first-order valence-electron chi connectivity index (χ1n) is 6.75. The number of rotatable bonds is 4. The molecule has 1 fully saturated rings. The lowest BCUT2D eigenvalue weighted by Crippen LogP contribution is -2.54. The molecule has 1 aliphatic rings. The standard InChI is InChI=1S/C15H20N2O3/c1-11-3-5-12(6-4-11)14(18)9-17-7-8-20-10-13(17)15(19)16-2/h3-6,13H,7-10H2,1-2H3,(H,16,19). The first-order chi connectivity index (χ1) is 9.61. The molecular formula is C15H20N2O3. The Morgan fingerprint density at radius 3 is 2.70 bits per heavy atom. The van der Waals surface area contributed by atoms with Crippen LogP contribution in [0.2, 0.25) is 0 Å². The van der Waals surface area contributed by atoms with Gasteiger partial charge >= 0.3 is 0 Å². The van der Waals surface area contributed by atoms with Crippen molar-refractivity contribution >= 4 is 11.7 Å². The van der Waals surface area contributed by atoms with Crippen LogP contribution in [-0.2, 0) is 9.53 Å². The van der Waals surface area contributed by atoms with E-state index in [1.807, 2.05) is 36.1 Å². The van der Waals surface area contributed by atoms with E-state index in [1.165, 1.54) is 0 Å². The van der Waals surface area contributed by atoms with Gasteiger partial charge in [-0.15, -0.1) is 0 Å². The number of hydrogen-bond acceptors (Lipinski definition) is 4. The summed E-state index contributed by atoms with van der Waals surface area (Å²) in [5.41, 5.74) is 1.80. The highest BCUT2D eigenvalue weighted by molar-refractivity contribution is 5.98. The number of amides is 1. The molecule has 0 aromatic heterocycles. The van der Waals surface area contributed by atoms with Crippen molar-refractivity contribution in [1.82, 2.24) is 10.2 Å². The monoisotopic (exact) mass is 276 g/mol. The van der Waals surface area contributed by atoms with E-state index < -0.39 is 0 Å². The lowest BCUT2D eigenvalue weighted by molar-refractivity contribution is -0.131. The molecule has 0 radical (unpaired) electrons. The summed E-state index contributed by atoms with van der Waals surface area (Å²) in [4.78, 5) is 25.9. The molecule has 0 spiro atoms. The van der Waals surface area contributed by atoms with Gasteiger partial charge in [-0.1, -0.05) is 29.8 Å². The van der Waals surface area contributed by atoms with Crippen LogP contribution in [0.15, 0.2) is 24.3 Å². The van der Waals surface area contributed by atoms with Gasteiger partial charge in [0.1, 0.15) is 6.04 Å². The Morgan fingerprint density at radius 2 is 2.05 bits per heavy atom. The van der Waals surface area contributed by atoms with E-state index in [0.29, 0.717) is 25.3 Å². The van der Waals surface area contributed by atoms with Gasteiger partial charge < -0.3 is 10.1 Å². The summed E-state index contributed by atoms with van der Waals surface area (Å²) in [5, 5.41) is 2.61. The maximum Gasteiger partial charge on any atom is 0.239 e. The van der Waals surface area contributed by atoms with Crippen molar-refractivity contribution in [3.63, 3.8) is 0 Å². The van der Waals surface area contributed by atoms with Crippen LogP contribution < -0.4 is 5.32 Å². The van der Waals surface area contributed by atoms with Gasteiger partial charge in [-0.3, -0.25) is 14.5 Å². The van der Waals surface area contributed by atoms with Gasteiger partial charge in [-0.25, -0.2) is 0 Å². The van der Waals surface area contributed by atoms with Crippen LogP contribution in [0.5, 0.6) is 0 Å². The van der Waals surface area contributed by atoms with Crippen molar-refractivity contribution in [3.05, 3.63) is 35.4 Å². The smallest absolute Gasteiger partial charge is 0.239 e. The van der Waals surface area contributed by atoms with Crippen LogP contribution in [0.3, 0.4) is 0 Å². The Morgan fingerprint density at radius 1 is 1.35 bits per heavy atom. The van der Waals surface area contributed by atoms with Crippen LogP contribution >= 0.6 is 0 Å². The molecule has 1 atom stereocenters. The molecule has 1 amide bonds. The number of Topliss-reactive ketones (excluding diaryl/α,β-unsaturated/α-hetero) is 1. The molecule has 0 saturated carbocycles. The number of nitrogens with one attached hydrogen (secondary N) is 1. The van der Waals surface area contributed by atoms with Crippen molar-refractivity contribution in [3.8, 4) is 0 Å². The first-order valence-corrected chi connectivity index (χ1v) is 6.75. The zero-order valence-corrected chi connectivity index (χ0v) is 11.9. The highest BCUT2D eigenvalue weighted by Crippen LogP contribution is 2.10. The third kappa shape index (κ3) is 3.43. The first kappa shape index (κ1) is 14.7. The summed E-state index contributed by atoms with van der Waals surface area (Å²) in [6.07, 6.45) is 0. The van der Waals surface area contributed by atoms with E-state index in [9.17, 15) is 9.59 Å². The Balaban J connectivity index is 2.04. The molecule has 1 N–H and O–H groups in total. The minimum atomic E-state index is -0.386. The average Bonchev–Trinajstić information content (AvgIpc) is 2.47. The molecular weight excluding hydrogens is 256 g/mol. The number of carbonyl (C=O) groups is 2. The molecule has 1 aliphatic heterocycles. The summed E-state index contributed by atoms with van der Waals surface area (Å²) in [6.45, 7) is 3.70. The van der Waals surface area contributed by atoms with Crippen molar-refractivity contribution in [2.45, 2.75) is 13.0 Å². The summed E-state index contributed by atoms with van der Waals surface area (Å²) in [6, 6.07) is 7.11. The second-order valence-electron chi connectivity index (χ2n) is 4.96. The molecule has 1 heterocycles. The van der Waals surface area contributed by atoms with E-state index in [0.717, 1.165) is 5.56 Å². The second-order valence-corrected chi connectivity index (χ2v) is 4.96. The number of morpholine rings is 1. The molecule has 1 aromatic carbocycles. The Bertz CT molecular complexity index is 484. The number of carbonyl (C=O) groups excluding carboxylic acids is 2. The van der Waals surface area contributed by atoms with Gasteiger partial charge in [-0.05, 0) is 6.92 Å². The number of nitrogens with zero attached hydrogens (tertiary/aromatic N) is 1. The van der Waals surface area contributed by atoms with Crippen LogP contribution in [0.4, 0.5) is 0 Å². The third-order valence-corrected chi connectivity index (χ3v) is 3.51. The molecule has 0 aliphatic carbocycles. The predicted molar refractivity (Wildman–Crippen MR) is 75.8 cm³/mol. The molecule has 1 aromatic rings. The van der Waals surface area contributed by atoms with Crippen LogP contribution in [0.1, 0.15) is 15.9 Å². The Labute approximate surface area is 118 Å². The zero-order valence-electron chi connectivity index (χ0n) is 11.9. The van der Waals surface area contributed by atoms with Gasteiger partial charge in [-0.2, -0.15) is 0 Å². The lowest BCUT2D eigenvalue weighted by atomic mass is 10.1. The summed E-state index contributed by atoms with van der Waals surface area (Å²) in [5.74, 6) is -0.0813. The highest BCUT2D eigenvalue weighted by atomic mass is 16.5. The minimum Gasteiger partial charge on any atom is -0.378 e. The fourth-order valence-electron chi connectivity index (χ4n) is 2.25. The fourth-order valence-corrected chi connectivity index (χ4v) is 2.25. The minimum absolute atomic E-state index is 0.0285. The predicted octanol–water partition coefficient (Wildman–Crippen LogP) is 0.625. The van der Waals surface area contributed by atoms with E-state index in [4.69, 9.17) is 4.74 Å². The number of ether oxygens (including phenoxy) is 1. The van der Waals surface area contributed by atoms with Gasteiger partial charge in [0.05, 0.1) is 19.8 Å². The SMILES string of the molecule is CNC(=O)C1COCCN1CC(=O)c1ccc(C)cc1. The third-order valence-electron chi connectivity index (χ3n) is 3.51. The Kier molecular flexibility index (Phi) is 4.87. The van der Waals surface area contributed by atoms with Crippen molar-refractivity contribution < 1.29 is 14.3 Å². The molecule has 0 bridgehead atoms. The Hall–Kier alpha value is -1.72. The topological polar surface area (TPSA) is 58.6 Å². The number of aryl methyl sites for hydroxylation is 1. The maximum absolute atomic E-state index is 12.3. The summed E-state index contributed by atoms with van der Waals surface area (Å²) < 4.78 is 5.32. The fraction of sp³-hybridized carbons (Fsp3) is 0.467. The number of likely N-dealkylation sites (N-methyl/N-ethyl adjacent to an activating group) is 1. The molecule has 1 saturated heterocycles. The van der Waals surface area contributed by atoms with Gasteiger partial charge in [0.25, 0.3) is 0 Å². The van der Waals surface area contributed by atoms with E-state index in [-0.39, 0.29) is 24.3 Å². The van der Waals surface area contributed by atoms with Gasteiger partial charge in [0.2, 0.25) is 5.91 Å². The number of hydrogen-bond donors (Lipinski definition) is 1. The largest absolute Gasteiger partial charge is 0.378 e. The highest BCUT2D eigenvalue weighted by Gasteiger charge is 2.30. The van der Waals surface area contributed by atoms with Gasteiger partial charge in [0, 0.05) is 19.2 Å². The summed E-state index contributed by atoms with van der Waals surface area (Å²) in [7, 11) is 1.59. The number of ketones is 1. The molecule has 5 heteroatoms. The van der Waals surface area contributed by atoms with E-state index in [1.54, 1.807) is 7.05 Å².